The Balaban J connectivity index is 1.93. The van der Waals surface area contributed by atoms with Gasteiger partial charge in [-0.2, -0.15) is 0 Å². The fourth-order valence-electron chi connectivity index (χ4n) is 2.53. The maximum atomic E-state index is 12.1. The maximum Gasteiger partial charge on any atom is 0.313 e. The summed E-state index contributed by atoms with van der Waals surface area (Å²) in [4.78, 5) is 24.2. The van der Waals surface area contributed by atoms with Crippen LogP contribution >= 0.6 is 0 Å². The summed E-state index contributed by atoms with van der Waals surface area (Å²) in [5.41, 5.74) is 4.01. The molecule has 0 aliphatic rings. The van der Waals surface area contributed by atoms with E-state index in [0.29, 0.717) is 11.6 Å². The van der Waals surface area contributed by atoms with Crippen LogP contribution in [0.1, 0.15) is 56.3 Å². The highest BCUT2D eigenvalue weighted by atomic mass is 16.2. The first-order valence-corrected chi connectivity index (χ1v) is 8.71. The minimum atomic E-state index is -0.658. The summed E-state index contributed by atoms with van der Waals surface area (Å²) in [6, 6.07) is 15.3. The number of aryl methyl sites for hydroxylation is 1. The molecule has 132 valence electrons. The van der Waals surface area contributed by atoms with Crippen LogP contribution in [-0.4, -0.2) is 11.8 Å². The number of benzene rings is 2. The number of anilines is 1. The third-order valence-corrected chi connectivity index (χ3v) is 4.28. The van der Waals surface area contributed by atoms with E-state index in [1.165, 1.54) is 11.1 Å². The predicted molar refractivity (Wildman–Crippen MR) is 102 cm³/mol. The molecule has 2 aromatic carbocycles. The summed E-state index contributed by atoms with van der Waals surface area (Å²) >= 11 is 0. The van der Waals surface area contributed by atoms with Gasteiger partial charge in [-0.3, -0.25) is 9.59 Å². The first-order chi connectivity index (χ1) is 11.9. The minimum absolute atomic E-state index is 0.229. The summed E-state index contributed by atoms with van der Waals surface area (Å²) in [6.45, 7) is 8.17. The lowest BCUT2D eigenvalue weighted by Gasteiger charge is -2.15. The van der Waals surface area contributed by atoms with E-state index in [4.69, 9.17) is 0 Å². The lowest BCUT2D eigenvalue weighted by molar-refractivity contribution is -0.136. The first kappa shape index (κ1) is 18.7. The molecule has 0 fully saturated rings. The summed E-state index contributed by atoms with van der Waals surface area (Å²) in [7, 11) is 0. The molecule has 0 aliphatic heterocycles. The van der Waals surface area contributed by atoms with Gasteiger partial charge < -0.3 is 10.6 Å². The molecule has 0 aliphatic carbocycles. The van der Waals surface area contributed by atoms with E-state index < -0.39 is 11.8 Å². The number of hydrogen-bond acceptors (Lipinski definition) is 2. The Labute approximate surface area is 149 Å². The highest BCUT2D eigenvalue weighted by molar-refractivity contribution is 6.39. The highest BCUT2D eigenvalue weighted by Gasteiger charge is 2.17. The number of hydrogen-bond donors (Lipinski definition) is 2. The summed E-state index contributed by atoms with van der Waals surface area (Å²) < 4.78 is 0. The van der Waals surface area contributed by atoms with Gasteiger partial charge in [-0.05, 0) is 48.1 Å². The van der Waals surface area contributed by atoms with Crippen molar-refractivity contribution in [3.63, 3.8) is 0 Å². The third kappa shape index (κ3) is 5.18. The molecule has 0 aromatic heterocycles. The summed E-state index contributed by atoms with van der Waals surface area (Å²) in [5.74, 6) is -0.873. The van der Waals surface area contributed by atoms with Gasteiger partial charge in [0.15, 0.2) is 0 Å². The average Bonchev–Trinajstić information content (AvgIpc) is 2.62. The molecule has 0 saturated heterocycles. The van der Waals surface area contributed by atoms with Crippen LogP contribution in [0.3, 0.4) is 0 Å². The second kappa shape index (κ2) is 8.47. The van der Waals surface area contributed by atoms with Crippen LogP contribution < -0.4 is 10.6 Å². The van der Waals surface area contributed by atoms with Crippen molar-refractivity contribution >= 4 is 17.5 Å². The van der Waals surface area contributed by atoms with Crippen LogP contribution in [0.4, 0.5) is 5.69 Å². The van der Waals surface area contributed by atoms with Crippen LogP contribution in [0.25, 0.3) is 0 Å². The van der Waals surface area contributed by atoms with E-state index in [0.717, 1.165) is 12.0 Å². The van der Waals surface area contributed by atoms with Gasteiger partial charge in [0.25, 0.3) is 0 Å². The Morgan fingerprint density at radius 1 is 0.840 bits per heavy atom. The molecule has 4 heteroatoms. The van der Waals surface area contributed by atoms with Gasteiger partial charge in [-0.25, -0.2) is 0 Å². The van der Waals surface area contributed by atoms with E-state index in [2.05, 4.69) is 31.4 Å². The van der Waals surface area contributed by atoms with E-state index in [1.54, 1.807) is 0 Å². The summed E-state index contributed by atoms with van der Waals surface area (Å²) in [5, 5.41) is 5.36. The molecule has 25 heavy (non-hydrogen) atoms. The second-order valence-corrected chi connectivity index (χ2v) is 6.52. The Kier molecular flexibility index (Phi) is 6.34. The van der Waals surface area contributed by atoms with Crippen molar-refractivity contribution in [3.8, 4) is 0 Å². The van der Waals surface area contributed by atoms with Crippen molar-refractivity contribution in [2.24, 2.45) is 0 Å². The number of carbonyl (C=O) groups is 2. The van der Waals surface area contributed by atoms with Crippen molar-refractivity contribution in [2.45, 2.75) is 46.1 Å². The SMILES string of the molecule is CCc1ccc(C(C)NC(=O)C(=O)Nc2ccc(C(C)C)cc2)cc1. The Morgan fingerprint density at radius 3 is 1.92 bits per heavy atom. The van der Waals surface area contributed by atoms with Crippen LogP contribution in [0.5, 0.6) is 0 Å². The van der Waals surface area contributed by atoms with Gasteiger partial charge in [0.05, 0.1) is 6.04 Å². The zero-order chi connectivity index (χ0) is 18.4. The molecule has 0 radical (unpaired) electrons. The van der Waals surface area contributed by atoms with Crippen molar-refractivity contribution in [2.75, 3.05) is 5.32 Å². The fourth-order valence-corrected chi connectivity index (χ4v) is 2.53. The molecular formula is C21H26N2O2. The quantitative estimate of drug-likeness (QED) is 0.803. The van der Waals surface area contributed by atoms with E-state index in [1.807, 2.05) is 55.5 Å². The van der Waals surface area contributed by atoms with Crippen LogP contribution in [0.2, 0.25) is 0 Å². The maximum absolute atomic E-state index is 12.1. The molecule has 1 unspecified atom stereocenters. The van der Waals surface area contributed by atoms with E-state index >= 15 is 0 Å². The Morgan fingerprint density at radius 2 is 1.40 bits per heavy atom. The van der Waals surface area contributed by atoms with E-state index in [-0.39, 0.29) is 6.04 Å². The number of rotatable bonds is 5. The van der Waals surface area contributed by atoms with Gasteiger partial charge in [0.1, 0.15) is 0 Å². The van der Waals surface area contributed by atoms with Crippen LogP contribution in [-0.2, 0) is 16.0 Å². The second-order valence-electron chi connectivity index (χ2n) is 6.52. The predicted octanol–water partition coefficient (Wildman–Crippen LogP) is 4.19. The third-order valence-electron chi connectivity index (χ3n) is 4.28. The monoisotopic (exact) mass is 338 g/mol. The Hall–Kier alpha value is -2.62. The molecule has 0 heterocycles. The standard InChI is InChI=1S/C21H26N2O2/c1-5-16-6-8-18(9-7-16)15(4)22-20(24)21(25)23-19-12-10-17(11-13-19)14(2)3/h6-15H,5H2,1-4H3,(H,22,24)(H,23,25). The molecular weight excluding hydrogens is 312 g/mol. The topological polar surface area (TPSA) is 58.2 Å². The van der Waals surface area contributed by atoms with Gasteiger partial charge in [-0.15, -0.1) is 0 Å². The van der Waals surface area contributed by atoms with Crippen molar-refractivity contribution < 1.29 is 9.59 Å². The Bertz CT molecular complexity index is 719. The minimum Gasteiger partial charge on any atom is -0.341 e. The lowest BCUT2D eigenvalue weighted by Crippen LogP contribution is -2.36. The molecule has 0 saturated carbocycles. The largest absolute Gasteiger partial charge is 0.341 e. The molecule has 4 nitrogen and oxygen atoms in total. The highest BCUT2D eigenvalue weighted by Crippen LogP contribution is 2.17. The first-order valence-electron chi connectivity index (χ1n) is 8.71. The van der Waals surface area contributed by atoms with Gasteiger partial charge in [-0.1, -0.05) is 57.2 Å². The zero-order valence-electron chi connectivity index (χ0n) is 15.3. The average molecular weight is 338 g/mol. The molecule has 2 N–H and O–H groups in total. The van der Waals surface area contributed by atoms with Gasteiger partial charge in [0, 0.05) is 5.69 Å². The van der Waals surface area contributed by atoms with Crippen LogP contribution in [0, 0.1) is 0 Å². The molecule has 2 aromatic rings. The normalized spacial score (nSPS) is 11.9. The molecule has 2 amide bonds. The molecule has 0 bridgehead atoms. The molecule has 0 spiro atoms. The fraction of sp³-hybridized carbons (Fsp3) is 0.333. The molecule has 1 atom stereocenters. The van der Waals surface area contributed by atoms with Crippen molar-refractivity contribution in [3.05, 3.63) is 65.2 Å². The van der Waals surface area contributed by atoms with E-state index in [9.17, 15) is 9.59 Å². The van der Waals surface area contributed by atoms with Crippen molar-refractivity contribution in [1.82, 2.24) is 5.32 Å². The zero-order valence-corrected chi connectivity index (χ0v) is 15.3. The van der Waals surface area contributed by atoms with Crippen LogP contribution in [0.15, 0.2) is 48.5 Å². The summed E-state index contributed by atoms with van der Waals surface area (Å²) in [6.07, 6.45) is 0.971. The van der Waals surface area contributed by atoms with Gasteiger partial charge in [0.2, 0.25) is 0 Å². The molecule has 2 rings (SSSR count). The lowest BCUT2D eigenvalue weighted by atomic mass is 10.0. The number of nitrogens with one attached hydrogen (secondary N) is 2. The smallest absolute Gasteiger partial charge is 0.313 e. The number of carbonyl (C=O) groups excluding carboxylic acids is 2. The number of amides is 2. The van der Waals surface area contributed by atoms with Crippen molar-refractivity contribution in [1.29, 1.82) is 0 Å². The van der Waals surface area contributed by atoms with Gasteiger partial charge >= 0.3 is 11.8 Å².